The van der Waals surface area contributed by atoms with Crippen LogP contribution in [0.25, 0.3) is 5.57 Å². The molecule has 51 heavy (non-hydrogen) atoms. The molecule has 6 aliphatic rings. The van der Waals surface area contributed by atoms with Gasteiger partial charge in [0.2, 0.25) is 0 Å². The summed E-state index contributed by atoms with van der Waals surface area (Å²) in [6.45, 7) is 26.9. The Morgan fingerprint density at radius 3 is 2.31 bits per heavy atom. The summed E-state index contributed by atoms with van der Waals surface area (Å²) in [7, 11) is 0. The minimum absolute atomic E-state index is 0.0788. The molecule has 4 saturated carbocycles. The highest BCUT2D eigenvalue weighted by Gasteiger charge is 2.68. The maximum Gasteiger partial charge on any atom is 0.335 e. The molecule has 1 aromatic rings. The highest BCUT2D eigenvalue weighted by Crippen LogP contribution is 2.74. The number of piperazine rings is 1. The van der Waals surface area contributed by atoms with Crippen LogP contribution in [0.15, 0.2) is 42.5 Å². The molecule has 0 amide bonds. The molecular weight excluding hydrogens is 647 g/mol. The van der Waals surface area contributed by atoms with Gasteiger partial charge in [0.1, 0.15) is 0 Å². The first-order valence-corrected chi connectivity index (χ1v) is 21.8. The van der Waals surface area contributed by atoms with Crippen LogP contribution in [-0.2, 0) is 0 Å². The molecule has 9 atom stereocenters. The van der Waals surface area contributed by atoms with E-state index in [-0.39, 0.29) is 11.0 Å². The zero-order valence-electron chi connectivity index (χ0n) is 32.9. The Balaban J connectivity index is 1.06. The molecule has 6 heteroatoms. The molecule has 1 aromatic carbocycles. The third kappa shape index (κ3) is 6.52. The number of rotatable bonds is 11. The lowest BCUT2D eigenvalue weighted by Gasteiger charge is -2.70. The fraction of sp³-hybridized carbons (Fsp3) is 0.756. The van der Waals surface area contributed by atoms with Gasteiger partial charge in [-0.15, -0.1) is 0 Å². The summed E-state index contributed by atoms with van der Waals surface area (Å²) >= 11 is 2.07. The van der Waals surface area contributed by atoms with E-state index in [9.17, 15) is 9.90 Å². The largest absolute Gasteiger partial charge is 0.478 e. The number of benzene rings is 1. The van der Waals surface area contributed by atoms with Gasteiger partial charge in [0.15, 0.2) is 0 Å². The fourth-order valence-corrected chi connectivity index (χ4v) is 14.6. The predicted octanol–water partition coefficient (Wildman–Crippen LogP) is 10.1. The summed E-state index contributed by atoms with van der Waals surface area (Å²) in [5.41, 5.74) is 5.52. The number of carboxylic acid groups (broad SMARTS) is 1. The van der Waals surface area contributed by atoms with Crippen molar-refractivity contribution in [3.63, 3.8) is 0 Å². The number of aromatic carboxylic acids is 1. The standard InChI is InChI=1S/C45H69N3O2S/c1-8-9-30-51-48-28-26-47(27-29-48)25-24-46-45-21-18-34(31(2)3)40(45)39-17-16-38-35-14-15-36(32-10-12-33(13-11-32)41(49)50)42(4,5)37(35)19-20-43(38,6)44(39,7)22-23-45/h10-13,15,34-35,37-40,46H,2,8-9,14,16-30H2,1,3-7H3,(H,49,50). The number of nitrogens with one attached hydrogen (secondary N) is 1. The van der Waals surface area contributed by atoms with Gasteiger partial charge in [-0.3, -0.25) is 4.90 Å². The molecule has 0 aromatic heterocycles. The van der Waals surface area contributed by atoms with Crippen LogP contribution in [-0.4, -0.2) is 70.8 Å². The molecular formula is C45H69N3O2S. The van der Waals surface area contributed by atoms with Crippen molar-refractivity contribution in [2.24, 2.45) is 51.8 Å². The molecule has 9 unspecified atom stereocenters. The SMILES string of the molecule is C=C(C)C1CCC2(NCCN3CCN(SCCCC)CC3)CCC3(C)C(CCC4C5CC=C(c6ccc(C(=O)O)cc6)C(C)(C)C5CCC43C)C12. The summed E-state index contributed by atoms with van der Waals surface area (Å²) in [4.78, 5) is 14.3. The van der Waals surface area contributed by atoms with Gasteiger partial charge in [0.05, 0.1) is 5.56 Å². The first-order valence-electron chi connectivity index (χ1n) is 20.9. The van der Waals surface area contributed by atoms with E-state index in [1.54, 1.807) is 12.1 Å². The van der Waals surface area contributed by atoms with Gasteiger partial charge in [-0.2, -0.15) is 0 Å². The molecule has 2 N–H and O–H groups in total. The second kappa shape index (κ2) is 14.6. The molecule has 1 aliphatic heterocycles. The van der Waals surface area contributed by atoms with E-state index in [4.69, 9.17) is 0 Å². The summed E-state index contributed by atoms with van der Waals surface area (Å²) in [6.07, 6.45) is 17.1. The number of hydrogen-bond acceptors (Lipinski definition) is 5. The zero-order chi connectivity index (χ0) is 36.2. The van der Waals surface area contributed by atoms with Gasteiger partial charge >= 0.3 is 5.97 Å². The Labute approximate surface area is 315 Å². The van der Waals surface area contributed by atoms with Gasteiger partial charge in [0, 0.05) is 50.6 Å². The van der Waals surface area contributed by atoms with Crippen LogP contribution in [0.3, 0.4) is 0 Å². The molecule has 1 heterocycles. The van der Waals surface area contributed by atoms with Crippen molar-refractivity contribution < 1.29 is 9.90 Å². The number of carboxylic acids is 1. The average Bonchev–Trinajstić information content (AvgIpc) is 3.49. The molecule has 0 radical (unpaired) electrons. The molecule has 5 aliphatic carbocycles. The second-order valence-corrected chi connectivity index (χ2v) is 20.1. The van der Waals surface area contributed by atoms with E-state index in [1.807, 2.05) is 12.1 Å². The Bertz CT molecular complexity index is 1460. The maximum absolute atomic E-state index is 11.5. The van der Waals surface area contributed by atoms with Crippen molar-refractivity contribution in [2.45, 2.75) is 118 Å². The van der Waals surface area contributed by atoms with E-state index < -0.39 is 5.97 Å². The lowest BCUT2D eigenvalue weighted by Crippen LogP contribution is -2.66. The molecule has 7 rings (SSSR count). The average molecular weight is 716 g/mol. The summed E-state index contributed by atoms with van der Waals surface area (Å²) in [6, 6.07) is 7.67. The molecule has 0 spiro atoms. The summed E-state index contributed by atoms with van der Waals surface area (Å²) < 4.78 is 2.61. The number of nitrogens with zero attached hydrogens (tertiary/aromatic N) is 2. The fourth-order valence-electron chi connectivity index (χ4n) is 13.5. The first-order chi connectivity index (χ1) is 24.3. The Morgan fingerprint density at radius 1 is 0.922 bits per heavy atom. The van der Waals surface area contributed by atoms with Crippen LogP contribution in [0.4, 0.5) is 0 Å². The van der Waals surface area contributed by atoms with Crippen molar-refractivity contribution in [2.75, 3.05) is 45.0 Å². The minimum atomic E-state index is -0.849. The Hall–Kier alpha value is -1.60. The number of unbranched alkanes of at least 4 members (excludes halogenated alkanes) is 1. The quantitative estimate of drug-likeness (QED) is 0.135. The minimum Gasteiger partial charge on any atom is -0.478 e. The highest BCUT2D eigenvalue weighted by atomic mass is 32.2. The zero-order valence-corrected chi connectivity index (χ0v) is 33.8. The first kappa shape index (κ1) is 37.7. The van der Waals surface area contributed by atoms with Gasteiger partial charge in [-0.05, 0) is 146 Å². The third-order valence-corrected chi connectivity index (χ3v) is 17.7. The number of allylic oxidation sites excluding steroid dienone is 3. The summed E-state index contributed by atoms with van der Waals surface area (Å²) in [5.74, 6) is 4.72. The van der Waals surface area contributed by atoms with Gasteiger partial charge < -0.3 is 10.4 Å². The molecule has 5 fully saturated rings. The smallest absolute Gasteiger partial charge is 0.335 e. The van der Waals surface area contributed by atoms with Gasteiger partial charge in [-0.1, -0.05) is 83.3 Å². The van der Waals surface area contributed by atoms with Crippen LogP contribution < -0.4 is 5.32 Å². The third-order valence-electron chi connectivity index (χ3n) is 16.5. The molecule has 5 nitrogen and oxygen atoms in total. The number of hydrogen-bond donors (Lipinski definition) is 2. The van der Waals surface area contributed by atoms with Crippen molar-refractivity contribution in [3.8, 4) is 0 Å². The van der Waals surface area contributed by atoms with Crippen LogP contribution in [0.2, 0.25) is 0 Å². The second-order valence-electron chi connectivity index (χ2n) is 18.9. The van der Waals surface area contributed by atoms with Crippen molar-refractivity contribution >= 4 is 23.5 Å². The Morgan fingerprint density at radius 2 is 1.63 bits per heavy atom. The lowest BCUT2D eigenvalue weighted by molar-refractivity contribution is -0.194. The summed E-state index contributed by atoms with van der Waals surface area (Å²) in [5, 5.41) is 13.8. The van der Waals surface area contributed by atoms with Crippen molar-refractivity contribution in [1.29, 1.82) is 0 Å². The topological polar surface area (TPSA) is 55.8 Å². The highest BCUT2D eigenvalue weighted by molar-refractivity contribution is 7.97. The van der Waals surface area contributed by atoms with Gasteiger partial charge in [-0.25, -0.2) is 9.10 Å². The maximum atomic E-state index is 11.5. The van der Waals surface area contributed by atoms with Crippen molar-refractivity contribution in [3.05, 3.63) is 53.6 Å². The lowest BCUT2D eigenvalue weighted by atomic mass is 9.35. The number of carbonyl (C=O) groups is 1. The van der Waals surface area contributed by atoms with E-state index in [2.05, 4.69) is 80.7 Å². The monoisotopic (exact) mass is 716 g/mol. The van der Waals surface area contributed by atoms with E-state index in [1.165, 1.54) is 126 Å². The molecule has 1 saturated heterocycles. The van der Waals surface area contributed by atoms with E-state index in [0.29, 0.717) is 34.1 Å². The van der Waals surface area contributed by atoms with E-state index >= 15 is 0 Å². The predicted molar refractivity (Wildman–Crippen MR) is 215 cm³/mol. The molecule has 0 bridgehead atoms. The van der Waals surface area contributed by atoms with Crippen LogP contribution in [0.5, 0.6) is 0 Å². The van der Waals surface area contributed by atoms with Gasteiger partial charge in [0.25, 0.3) is 0 Å². The number of fused-ring (bicyclic) bond motifs is 7. The van der Waals surface area contributed by atoms with Crippen LogP contribution >= 0.6 is 11.9 Å². The molecule has 282 valence electrons. The van der Waals surface area contributed by atoms with E-state index in [0.717, 1.165) is 24.3 Å². The van der Waals surface area contributed by atoms with Crippen LogP contribution in [0, 0.1) is 51.8 Å². The van der Waals surface area contributed by atoms with Crippen molar-refractivity contribution in [1.82, 2.24) is 14.5 Å². The Kier molecular flexibility index (Phi) is 10.8. The normalized spacial score (nSPS) is 39.3. The van der Waals surface area contributed by atoms with Crippen LogP contribution in [0.1, 0.15) is 128 Å².